The average Bonchev–Trinajstić information content (AvgIpc) is 2.52. The maximum absolute atomic E-state index is 12.0. The normalized spacial score (nSPS) is 35.3. The Hall–Kier alpha value is -0.740. The molecular weight excluding hydrogens is 209 g/mol. The number of esters is 1. The van der Waals surface area contributed by atoms with Crippen LogP contribution in [0.15, 0.2) is 0 Å². The maximum Gasteiger partial charge on any atom is 0.490 e. The molecule has 0 N–H and O–H groups in total. The summed E-state index contributed by atoms with van der Waals surface area (Å²) in [5.41, 5.74) is 0. The molecule has 0 amide bonds. The highest BCUT2D eigenvalue weighted by Gasteiger charge is 2.45. The number of fused-ring (bicyclic) bond motifs is 2. The van der Waals surface area contributed by atoms with Crippen molar-refractivity contribution in [3.63, 3.8) is 0 Å². The molecule has 0 saturated heterocycles. The van der Waals surface area contributed by atoms with Crippen LogP contribution in [-0.4, -0.2) is 18.2 Å². The molecule has 86 valence electrons. The highest BCUT2D eigenvalue weighted by molar-refractivity contribution is 5.75. The van der Waals surface area contributed by atoms with Gasteiger partial charge in [-0.3, -0.25) is 0 Å². The molecule has 3 atom stereocenters. The van der Waals surface area contributed by atoms with E-state index in [0.29, 0.717) is 12.3 Å². The first-order valence-corrected chi connectivity index (χ1v) is 5.24. The van der Waals surface area contributed by atoms with Crippen LogP contribution in [0, 0.1) is 11.8 Å². The van der Waals surface area contributed by atoms with Gasteiger partial charge < -0.3 is 4.74 Å². The van der Waals surface area contributed by atoms with Gasteiger partial charge in [-0.1, -0.05) is 6.42 Å². The van der Waals surface area contributed by atoms with Crippen LogP contribution >= 0.6 is 0 Å². The third kappa shape index (κ3) is 2.26. The number of hydrogen-bond acceptors (Lipinski definition) is 2. The molecule has 2 fully saturated rings. The first kappa shape index (κ1) is 10.8. The van der Waals surface area contributed by atoms with Gasteiger partial charge >= 0.3 is 12.1 Å². The molecule has 2 aliphatic rings. The van der Waals surface area contributed by atoms with Gasteiger partial charge in [-0.2, -0.15) is 13.2 Å². The van der Waals surface area contributed by atoms with Crippen molar-refractivity contribution in [3.05, 3.63) is 0 Å². The number of halogens is 3. The number of hydrogen-bond donors (Lipinski definition) is 0. The SMILES string of the molecule is O=C(OC1CCC2CCC1C2)C(F)(F)F. The van der Waals surface area contributed by atoms with Gasteiger partial charge in [0.05, 0.1) is 0 Å². The van der Waals surface area contributed by atoms with E-state index in [0.717, 1.165) is 25.7 Å². The van der Waals surface area contributed by atoms with Crippen LogP contribution in [0.1, 0.15) is 32.1 Å². The number of carbonyl (C=O) groups is 1. The molecule has 0 aromatic heterocycles. The van der Waals surface area contributed by atoms with E-state index in [-0.39, 0.29) is 5.92 Å². The maximum atomic E-state index is 12.0. The van der Waals surface area contributed by atoms with E-state index in [4.69, 9.17) is 0 Å². The second-order valence-corrected chi connectivity index (χ2v) is 4.46. The molecule has 0 radical (unpaired) electrons. The van der Waals surface area contributed by atoms with Crippen LogP contribution in [0.4, 0.5) is 13.2 Å². The molecule has 5 heteroatoms. The molecule has 0 aromatic carbocycles. The second kappa shape index (κ2) is 3.68. The topological polar surface area (TPSA) is 26.3 Å². The fourth-order valence-electron chi connectivity index (χ4n) is 2.71. The number of carbonyl (C=O) groups excluding carboxylic acids is 1. The standard InChI is InChI=1S/C10H13F3O2/c11-10(12,13)9(14)15-8-4-2-6-1-3-7(8)5-6/h6-8H,1-5H2. The van der Waals surface area contributed by atoms with Gasteiger partial charge in [0.2, 0.25) is 0 Å². The van der Waals surface area contributed by atoms with Gasteiger partial charge in [-0.05, 0) is 37.5 Å². The minimum atomic E-state index is -4.85. The number of ether oxygens (including phenoxy) is 1. The number of alkyl halides is 3. The summed E-state index contributed by atoms with van der Waals surface area (Å²) in [7, 11) is 0. The Kier molecular flexibility index (Phi) is 2.64. The lowest BCUT2D eigenvalue weighted by Gasteiger charge is -2.28. The molecule has 2 bridgehead atoms. The zero-order chi connectivity index (χ0) is 11.1. The Morgan fingerprint density at radius 2 is 1.80 bits per heavy atom. The zero-order valence-electron chi connectivity index (χ0n) is 8.22. The van der Waals surface area contributed by atoms with Gasteiger partial charge in [0.1, 0.15) is 6.10 Å². The van der Waals surface area contributed by atoms with Crippen molar-refractivity contribution in [2.24, 2.45) is 11.8 Å². The minimum Gasteiger partial charge on any atom is -0.455 e. The fraction of sp³-hybridized carbons (Fsp3) is 0.900. The van der Waals surface area contributed by atoms with Crippen molar-refractivity contribution in [1.82, 2.24) is 0 Å². The lowest BCUT2D eigenvalue weighted by atomic mass is 9.87. The first-order chi connectivity index (χ1) is 6.97. The first-order valence-electron chi connectivity index (χ1n) is 5.24. The highest BCUT2D eigenvalue weighted by Crippen LogP contribution is 2.43. The molecule has 2 saturated carbocycles. The fourth-order valence-corrected chi connectivity index (χ4v) is 2.71. The summed E-state index contributed by atoms with van der Waals surface area (Å²) >= 11 is 0. The summed E-state index contributed by atoms with van der Waals surface area (Å²) < 4.78 is 40.4. The molecule has 0 heterocycles. The summed E-state index contributed by atoms with van der Waals surface area (Å²) in [6.45, 7) is 0. The Morgan fingerprint density at radius 1 is 1.13 bits per heavy atom. The van der Waals surface area contributed by atoms with Crippen molar-refractivity contribution < 1.29 is 22.7 Å². The van der Waals surface area contributed by atoms with Crippen LogP contribution in [-0.2, 0) is 9.53 Å². The Labute approximate surface area is 85.8 Å². The Bertz CT molecular complexity index is 262. The van der Waals surface area contributed by atoms with Gasteiger partial charge in [0, 0.05) is 0 Å². The van der Waals surface area contributed by atoms with Crippen molar-refractivity contribution in [3.8, 4) is 0 Å². The van der Waals surface area contributed by atoms with E-state index in [9.17, 15) is 18.0 Å². The van der Waals surface area contributed by atoms with Crippen LogP contribution in [0.2, 0.25) is 0 Å². The second-order valence-electron chi connectivity index (χ2n) is 4.46. The van der Waals surface area contributed by atoms with Crippen LogP contribution < -0.4 is 0 Å². The van der Waals surface area contributed by atoms with Crippen molar-refractivity contribution >= 4 is 5.97 Å². The summed E-state index contributed by atoms with van der Waals surface area (Å²) in [6, 6.07) is 0. The molecule has 0 aliphatic heterocycles. The summed E-state index contributed by atoms with van der Waals surface area (Å²) in [5.74, 6) is -1.22. The summed E-state index contributed by atoms with van der Waals surface area (Å²) in [5, 5.41) is 0. The molecule has 2 rings (SSSR count). The van der Waals surface area contributed by atoms with Gasteiger partial charge in [-0.15, -0.1) is 0 Å². The van der Waals surface area contributed by atoms with Gasteiger partial charge in [0.15, 0.2) is 0 Å². The van der Waals surface area contributed by atoms with E-state index >= 15 is 0 Å². The van der Waals surface area contributed by atoms with Crippen molar-refractivity contribution in [2.75, 3.05) is 0 Å². The third-order valence-electron chi connectivity index (χ3n) is 3.46. The summed E-state index contributed by atoms with van der Waals surface area (Å²) in [4.78, 5) is 10.7. The molecule has 15 heavy (non-hydrogen) atoms. The van der Waals surface area contributed by atoms with Crippen LogP contribution in [0.5, 0.6) is 0 Å². The molecule has 2 aliphatic carbocycles. The molecule has 2 nitrogen and oxygen atoms in total. The van der Waals surface area contributed by atoms with E-state index in [1.807, 2.05) is 0 Å². The lowest BCUT2D eigenvalue weighted by molar-refractivity contribution is -0.208. The molecule has 3 unspecified atom stereocenters. The third-order valence-corrected chi connectivity index (χ3v) is 3.46. The molecular formula is C10H13F3O2. The minimum absolute atomic E-state index is 0.162. The highest BCUT2D eigenvalue weighted by atomic mass is 19.4. The lowest BCUT2D eigenvalue weighted by Crippen LogP contribution is -2.34. The smallest absolute Gasteiger partial charge is 0.455 e. The van der Waals surface area contributed by atoms with Crippen LogP contribution in [0.3, 0.4) is 0 Å². The number of rotatable bonds is 1. The Morgan fingerprint density at radius 3 is 2.47 bits per heavy atom. The van der Waals surface area contributed by atoms with E-state index < -0.39 is 18.2 Å². The predicted molar refractivity (Wildman–Crippen MR) is 46.0 cm³/mol. The average molecular weight is 222 g/mol. The van der Waals surface area contributed by atoms with Crippen molar-refractivity contribution in [1.29, 1.82) is 0 Å². The van der Waals surface area contributed by atoms with Gasteiger partial charge in [0.25, 0.3) is 0 Å². The quantitative estimate of drug-likeness (QED) is 0.637. The van der Waals surface area contributed by atoms with E-state index in [1.165, 1.54) is 0 Å². The largest absolute Gasteiger partial charge is 0.490 e. The zero-order valence-corrected chi connectivity index (χ0v) is 8.22. The van der Waals surface area contributed by atoms with Gasteiger partial charge in [-0.25, -0.2) is 4.79 Å². The van der Waals surface area contributed by atoms with Crippen LogP contribution in [0.25, 0.3) is 0 Å². The monoisotopic (exact) mass is 222 g/mol. The van der Waals surface area contributed by atoms with Crippen molar-refractivity contribution in [2.45, 2.75) is 44.4 Å². The Balaban J connectivity index is 1.92. The molecule has 0 spiro atoms. The molecule has 0 aromatic rings. The van der Waals surface area contributed by atoms with E-state index in [1.54, 1.807) is 0 Å². The predicted octanol–water partition coefficient (Wildman–Crippen LogP) is 2.67. The summed E-state index contributed by atoms with van der Waals surface area (Å²) in [6.07, 6.45) is -0.960. The van der Waals surface area contributed by atoms with E-state index in [2.05, 4.69) is 4.74 Å².